The topological polar surface area (TPSA) is 0 Å². The molecule has 4 rings (SSSR count). The molecule has 31 heavy (non-hydrogen) atoms. The van der Waals surface area contributed by atoms with Crippen molar-refractivity contribution in [3.63, 3.8) is 0 Å². The molecule has 0 bridgehead atoms. The van der Waals surface area contributed by atoms with E-state index in [1.165, 1.54) is 32.1 Å². The second-order valence-electron chi connectivity index (χ2n) is 7.90. The van der Waals surface area contributed by atoms with E-state index in [9.17, 15) is 0 Å². The van der Waals surface area contributed by atoms with Crippen molar-refractivity contribution in [2.45, 2.75) is 32.2 Å². The largest absolute Gasteiger partial charge is 0.102 e. The molecule has 0 amide bonds. The van der Waals surface area contributed by atoms with Crippen LogP contribution in [0.25, 0.3) is 0 Å². The molecule has 0 fully saturated rings. The van der Waals surface area contributed by atoms with E-state index in [0.717, 1.165) is 25.7 Å². The van der Waals surface area contributed by atoms with Crippen molar-refractivity contribution in [1.82, 2.24) is 0 Å². The summed E-state index contributed by atoms with van der Waals surface area (Å²) in [6, 6.07) is 21.5. The molecule has 0 N–H and O–H groups in total. The average Bonchev–Trinajstić information content (AvgIpc) is 2.72. The van der Waals surface area contributed by atoms with Gasteiger partial charge in [0.2, 0.25) is 0 Å². The first-order valence-corrected chi connectivity index (χ1v) is 14.1. The molecular formula is C26H22Br4S. The molecule has 0 heterocycles. The third kappa shape index (κ3) is 6.83. The number of halogens is 4. The van der Waals surface area contributed by atoms with Crippen molar-refractivity contribution in [1.29, 1.82) is 0 Å². The Morgan fingerprint density at radius 2 is 1.00 bits per heavy atom. The van der Waals surface area contributed by atoms with E-state index in [1.54, 1.807) is 0 Å². The molecule has 0 spiro atoms. The Balaban J connectivity index is 1.66. The Labute approximate surface area is 222 Å². The summed E-state index contributed by atoms with van der Waals surface area (Å²) in [6.07, 6.45) is 12.7. The number of hydrogen-bond donors (Lipinski definition) is 0. The van der Waals surface area contributed by atoms with E-state index in [2.05, 4.69) is 149 Å². The van der Waals surface area contributed by atoms with E-state index in [0.29, 0.717) is 0 Å². The standard InChI is InChI=1S/C26H22Br4S/c27-25(28)13-11-23(21(17-25)15-19-7-3-1-4-8-19)31-24-12-14-26(29,30)18-22(24)16-20-9-5-2-6-10-20/h1-14H,15-18H2. The van der Waals surface area contributed by atoms with Crippen LogP contribution in [0.15, 0.2) is 106 Å². The monoisotopic (exact) mass is 682 g/mol. The summed E-state index contributed by atoms with van der Waals surface area (Å²) in [4.78, 5) is 2.69. The highest BCUT2D eigenvalue weighted by Crippen LogP contribution is 2.48. The van der Waals surface area contributed by atoms with E-state index in [1.807, 2.05) is 11.8 Å². The van der Waals surface area contributed by atoms with Gasteiger partial charge in [-0.15, -0.1) is 0 Å². The lowest BCUT2D eigenvalue weighted by Gasteiger charge is -2.28. The fourth-order valence-electron chi connectivity index (χ4n) is 3.81. The summed E-state index contributed by atoms with van der Waals surface area (Å²) >= 11 is 17.2. The summed E-state index contributed by atoms with van der Waals surface area (Å²) in [5, 5.41) is 0. The van der Waals surface area contributed by atoms with E-state index in [-0.39, 0.29) is 6.47 Å². The number of thioether (sulfide) groups is 1. The fourth-order valence-corrected chi connectivity index (χ4v) is 6.78. The first-order valence-electron chi connectivity index (χ1n) is 10.1. The average molecular weight is 686 g/mol. The van der Waals surface area contributed by atoms with Gasteiger partial charge in [0.05, 0.1) is 0 Å². The van der Waals surface area contributed by atoms with Crippen molar-refractivity contribution in [3.05, 3.63) is 117 Å². The van der Waals surface area contributed by atoms with Crippen molar-refractivity contribution in [2.24, 2.45) is 0 Å². The Hall–Kier alpha value is -0.330. The van der Waals surface area contributed by atoms with Gasteiger partial charge in [0.1, 0.15) is 6.47 Å². The maximum absolute atomic E-state index is 3.82. The third-order valence-corrected chi connectivity index (χ3v) is 8.76. The molecule has 160 valence electrons. The second-order valence-corrected chi connectivity index (χ2v) is 16.8. The molecule has 2 aliphatic carbocycles. The molecule has 0 unspecified atom stereocenters. The molecule has 2 aliphatic rings. The first kappa shape index (κ1) is 23.8. The molecule has 0 saturated heterocycles. The van der Waals surface area contributed by atoms with E-state index >= 15 is 0 Å². The SMILES string of the molecule is BrC1(Br)C=CC(SC2=C(Cc3ccccc3)CC(Br)(Br)C=C2)=C(Cc2ccccc2)C1. The van der Waals surface area contributed by atoms with E-state index in [4.69, 9.17) is 0 Å². The van der Waals surface area contributed by atoms with Crippen molar-refractivity contribution >= 4 is 75.5 Å². The Morgan fingerprint density at radius 1 is 0.613 bits per heavy atom. The molecule has 0 nitrogen and oxygen atoms in total. The van der Waals surface area contributed by atoms with Crippen LogP contribution in [0.4, 0.5) is 0 Å². The van der Waals surface area contributed by atoms with Gasteiger partial charge in [-0.3, -0.25) is 0 Å². The number of benzene rings is 2. The van der Waals surface area contributed by atoms with Crippen LogP contribution < -0.4 is 0 Å². The van der Waals surface area contributed by atoms with Crippen LogP contribution in [0.5, 0.6) is 0 Å². The number of allylic oxidation sites excluding steroid dienone is 6. The Morgan fingerprint density at radius 3 is 1.39 bits per heavy atom. The smallest absolute Gasteiger partial charge is 0.0902 e. The van der Waals surface area contributed by atoms with Gasteiger partial charge in [0, 0.05) is 9.81 Å². The normalized spacial score (nSPS) is 19.7. The van der Waals surface area contributed by atoms with Crippen LogP contribution in [0.2, 0.25) is 0 Å². The molecule has 0 radical (unpaired) electrons. The maximum atomic E-state index is 3.82. The molecule has 0 atom stereocenters. The minimum atomic E-state index is -0.168. The molecule has 5 heteroatoms. The van der Waals surface area contributed by atoms with Crippen LogP contribution >= 0.6 is 75.5 Å². The van der Waals surface area contributed by atoms with Crippen molar-refractivity contribution in [2.75, 3.05) is 0 Å². The fraction of sp³-hybridized carbons (Fsp3) is 0.231. The lowest BCUT2D eigenvalue weighted by atomic mass is 9.97. The van der Waals surface area contributed by atoms with Crippen LogP contribution in [0, 0.1) is 0 Å². The highest BCUT2D eigenvalue weighted by atomic mass is 79.9. The number of alkyl halides is 4. The van der Waals surface area contributed by atoms with Crippen LogP contribution in [-0.4, -0.2) is 6.47 Å². The lowest BCUT2D eigenvalue weighted by molar-refractivity contribution is 0.898. The molecule has 2 aromatic rings. The number of rotatable bonds is 6. The van der Waals surface area contributed by atoms with Crippen LogP contribution in [0.1, 0.15) is 24.0 Å². The highest BCUT2D eigenvalue weighted by molar-refractivity contribution is 9.25. The minimum Gasteiger partial charge on any atom is -0.0902 e. The van der Waals surface area contributed by atoms with E-state index < -0.39 is 0 Å². The van der Waals surface area contributed by atoms with Gasteiger partial charge < -0.3 is 0 Å². The summed E-state index contributed by atoms with van der Waals surface area (Å²) in [6.45, 7) is 0. The quantitative estimate of drug-likeness (QED) is 0.273. The first-order chi connectivity index (χ1) is 14.8. The van der Waals surface area contributed by atoms with Crippen molar-refractivity contribution in [3.8, 4) is 0 Å². The van der Waals surface area contributed by atoms with Crippen molar-refractivity contribution < 1.29 is 0 Å². The predicted octanol–water partition coefficient (Wildman–Crippen LogP) is 9.61. The lowest BCUT2D eigenvalue weighted by Crippen LogP contribution is -2.16. The summed E-state index contributed by atoms with van der Waals surface area (Å²) in [5.74, 6) is 0. The van der Waals surface area contributed by atoms with Gasteiger partial charge in [-0.2, -0.15) is 0 Å². The molecule has 0 saturated carbocycles. The van der Waals surface area contributed by atoms with Gasteiger partial charge in [0.25, 0.3) is 0 Å². The predicted molar refractivity (Wildman–Crippen MR) is 151 cm³/mol. The van der Waals surface area contributed by atoms with Gasteiger partial charge in [-0.1, -0.05) is 160 Å². The van der Waals surface area contributed by atoms with Gasteiger partial charge in [-0.05, 0) is 48.0 Å². The second kappa shape index (κ2) is 10.3. The molecule has 2 aromatic carbocycles. The zero-order valence-electron chi connectivity index (χ0n) is 16.8. The zero-order valence-corrected chi connectivity index (χ0v) is 24.0. The zero-order chi connectivity index (χ0) is 21.9. The van der Waals surface area contributed by atoms with Crippen LogP contribution in [0.3, 0.4) is 0 Å². The van der Waals surface area contributed by atoms with Gasteiger partial charge in [-0.25, -0.2) is 0 Å². The highest BCUT2D eigenvalue weighted by Gasteiger charge is 2.30. The van der Waals surface area contributed by atoms with Gasteiger partial charge in [0.15, 0.2) is 0 Å². The number of hydrogen-bond acceptors (Lipinski definition) is 1. The molecule has 0 aliphatic heterocycles. The summed E-state index contributed by atoms with van der Waals surface area (Å²) < 4.78 is -0.336. The maximum Gasteiger partial charge on any atom is 0.102 e. The third-order valence-electron chi connectivity index (χ3n) is 5.29. The summed E-state index contributed by atoms with van der Waals surface area (Å²) in [7, 11) is 0. The van der Waals surface area contributed by atoms with Crippen LogP contribution in [-0.2, 0) is 12.8 Å². The Bertz CT molecular complexity index is 962. The van der Waals surface area contributed by atoms with Gasteiger partial charge >= 0.3 is 0 Å². The summed E-state index contributed by atoms with van der Waals surface area (Å²) in [5.41, 5.74) is 5.59. The molecular weight excluding hydrogens is 664 g/mol. The molecule has 0 aromatic heterocycles. The minimum absolute atomic E-state index is 0.168. The Kier molecular flexibility index (Phi) is 7.91.